The first kappa shape index (κ1) is 17.0. The second-order valence-electron chi connectivity index (χ2n) is 6.85. The third-order valence-corrected chi connectivity index (χ3v) is 5.19. The van der Waals surface area contributed by atoms with Crippen molar-refractivity contribution in [2.75, 3.05) is 32.8 Å². The SMILES string of the molecule is CC[N+]1(C[C@H](O)COc2ccc(-c3ccccc3)cc2)CCCC1. The molecular weight excluding hydrogens is 298 g/mol. The number of likely N-dealkylation sites (N-methyl/N-ethyl adjacent to an activating group) is 1. The minimum atomic E-state index is -0.406. The minimum absolute atomic E-state index is 0.366. The molecule has 0 aromatic heterocycles. The fourth-order valence-corrected chi connectivity index (χ4v) is 3.70. The van der Waals surface area contributed by atoms with Crippen LogP contribution in [0.5, 0.6) is 5.75 Å². The van der Waals surface area contributed by atoms with E-state index in [-0.39, 0.29) is 0 Å². The van der Waals surface area contributed by atoms with Crippen LogP contribution < -0.4 is 4.74 Å². The lowest BCUT2D eigenvalue weighted by Crippen LogP contribution is -2.50. The van der Waals surface area contributed by atoms with Gasteiger partial charge in [0.2, 0.25) is 0 Å². The monoisotopic (exact) mass is 326 g/mol. The lowest BCUT2D eigenvalue weighted by atomic mass is 10.1. The number of rotatable bonds is 7. The van der Waals surface area contributed by atoms with Crippen LogP contribution in [-0.4, -0.2) is 48.5 Å². The third kappa shape index (κ3) is 4.16. The molecule has 2 aromatic carbocycles. The van der Waals surface area contributed by atoms with Crippen LogP contribution in [0.4, 0.5) is 0 Å². The molecule has 1 fully saturated rings. The summed E-state index contributed by atoms with van der Waals surface area (Å²) >= 11 is 0. The van der Waals surface area contributed by atoms with Crippen molar-refractivity contribution in [3.05, 3.63) is 54.6 Å². The molecule has 1 heterocycles. The van der Waals surface area contributed by atoms with Crippen LogP contribution in [0.3, 0.4) is 0 Å². The van der Waals surface area contributed by atoms with Crippen molar-refractivity contribution < 1.29 is 14.3 Å². The van der Waals surface area contributed by atoms with Gasteiger partial charge in [-0.05, 0) is 30.2 Å². The first-order valence-corrected chi connectivity index (χ1v) is 9.02. The molecule has 1 aliphatic heterocycles. The zero-order valence-corrected chi connectivity index (χ0v) is 14.5. The summed E-state index contributed by atoms with van der Waals surface area (Å²) in [4.78, 5) is 0. The molecule has 0 saturated carbocycles. The van der Waals surface area contributed by atoms with Crippen LogP contribution in [0, 0.1) is 0 Å². The minimum Gasteiger partial charge on any atom is -0.491 e. The topological polar surface area (TPSA) is 29.5 Å². The highest BCUT2D eigenvalue weighted by atomic mass is 16.5. The average molecular weight is 326 g/mol. The zero-order chi connectivity index (χ0) is 16.8. The number of nitrogens with zero attached hydrogens (tertiary/aromatic N) is 1. The summed E-state index contributed by atoms with van der Waals surface area (Å²) in [5.74, 6) is 0.818. The second kappa shape index (κ2) is 7.82. The van der Waals surface area contributed by atoms with Crippen molar-refractivity contribution in [3.63, 3.8) is 0 Å². The first-order valence-electron chi connectivity index (χ1n) is 9.02. The normalized spacial score (nSPS) is 17.6. The van der Waals surface area contributed by atoms with Gasteiger partial charge in [0.05, 0.1) is 19.6 Å². The van der Waals surface area contributed by atoms with Gasteiger partial charge in [-0.3, -0.25) is 0 Å². The van der Waals surface area contributed by atoms with E-state index in [9.17, 15) is 5.11 Å². The number of ether oxygens (including phenoxy) is 1. The number of aliphatic hydroxyl groups excluding tert-OH is 1. The molecule has 0 spiro atoms. The van der Waals surface area contributed by atoms with E-state index in [0.717, 1.165) is 23.3 Å². The van der Waals surface area contributed by atoms with Gasteiger partial charge in [-0.2, -0.15) is 0 Å². The Bertz CT molecular complexity index is 618. The average Bonchev–Trinajstić information content (AvgIpc) is 3.10. The van der Waals surface area contributed by atoms with Gasteiger partial charge in [0.1, 0.15) is 25.0 Å². The number of likely N-dealkylation sites (tertiary alicyclic amines) is 1. The zero-order valence-electron chi connectivity index (χ0n) is 14.5. The van der Waals surface area contributed by atoms with E-state index >= 15 is 0 Å². The van der Waals surface area contributed by atoms with E-state index < -0.39 is 6.10 Å². The van der Waals surface area contributed by atoms with Crippen LogP contribution in [-0.2, 0) is 0 Å². The van der Waals surface area contributed by atoms with E-state index in [0.29, 0.717) is 6.61 Å². The van der Waals surface area contributed by atoms with Crippen LogP contribution >= 0.6 is 0 Å². The molecule has 0 aliphatic carbocycles. The van der Waals surface area contributed by atoms with E-state index in [1.165, 1.54) is 37.1 Å². The summed E-state index contributed by atoms with van der Waals surface area (Å²) in [6.07, 6.45) is 2.15. The number of quaternary nitrogens is 1. The molecule has 3 rings (SSSR count). The van der Waals surface area contributed by atoms with Gasteiger partial charge in [0, 0.05) is 12.8 Å². The molecule has 128 valence electrons. The molecule has 2 aromatic rings. The maximum absolute atomic E-state index is 10.4. The molecule has 0 unspecified atom stereocenters. The Kier molecular flexibility index (Phi) is 5.54. The highest BCUT2D eigenvalue weighted by Gasteiger charge is 2.32. The Labute approximate surface area is 145 Å². The summed E-state index contributed by atoms with van der Waals surface area (Å²) in [5.41, 5.74) is 2.38. The smallest absolute Gasteiger partial charge is 0.137 e. The molecule has 0 radical (unpaired) electrons. The second-order valence-corrected chi connectivity index (χ2v) is 6.85. The van der Waals surface area contributed by atoms with Gasteiger partial charge < -0.3 is 14.3 Å². The Morgan fingerprint density at radius 2 is 1.58 bits per heavy atom. The molecule has 0 bridgehead atoms. The molecule has 24 heavy (non-hydrogen) atoms. The fraction of sp³-hybridized carbons (Fsp3) is 0.429. The van der Waals surface area contributed by atoms with Crippen LogP contribution in [0.2, 0.25) is 0 Å². The van der Waals surface area contributed by atoms with E-state index in [4.69, 9.17) is 4.74 Å². The molecule has 1 N–H and O–H groups in total. The Morgan fingerprint density at radius 3 is 2.21 bits per heavy atom. The van der Waals surface area contributed by atoms with Crippen molar-refractivity contribution in [2.24, 2.45) is 0 Å². The number of hydrogen-bond donors (Lipinski definition) is 1. The molecule has 1 aliphatic rings. The summed E-state index contributed by atoms with van der Waals surface area (Å²) in [5, 5.41) is 10.4. The lowest BCUT2D eigenvalue weighted by molar-refractivity contribution is -0.917. The van der Waals surface area contributed by atoms with Crippen molar-refractivity contribution in [1.29, 1.82) is 0 Å². The molecule has 1 saturated heterocycles. The largest absolute Gasteiger partial charge is 0.491 e. The quantitative estimate of drug-likeness (QED) is 0.786. The summed E-state index contributed by atoms with van der Waals surface area (Å²) in [7, 11) is 0. The van der Waals surface area contributed by atoms with Crippen LogP contribution in [0.25, 0.3) is 11.1 Å². The van der Waals surface area contributed by atoms with Gasteiger partial charge in [-0.25, -0.2) is 0 Å². The van der Waals surface area contributed by atoms with Gasteiger partial charge in [0.25, 0.3) is 0 Å². The molecular formula is C21H28NO2+. The van der Waals surface area contributed by atoms with Gasteiger partial charge in [-0.1, -0.05) is 42.5 Å². The molecule has 0 amide bonds. The predicted octanol–water partition coefficient (Wildman–Crippen LogP) is 3.72. The number of hydrogen-bond acceptors (Lipinski definition) is 2. The summed E-state index contributed by atoms with van der Waals surface area (Å²) in [6.45, 7) is 6.88. The third-order valence-electron chi connectivity index (χ3n) is 5.19. The predicted molar refractivity (Wildman–Crippen MR) is 98.0 cm³/mol. The lowest BCUT2D eigenvalue weighted by Gasteiger charge is -2.34. The molecule has 3 heteroatoms. The number of benzene rings is 2. The highest BCUT2D eigenvalue weighted by Crippen LogP contribution is 2.23. The van der Waals surface area contributed by atoms with Gasteiger partial charge >= 0.3 is 0 Å². The standard InChI is InChI=1S/C21H28NO2/c1-2-22(14-6-7-15-22)16-20(23)17-24-21-12-10-19(11-13-21)18-8-4-3-5-9-18/h3-5,8-13,20,23H,2,6-7,14-17H2,1H3/q+1/t20-/m0/s1. The van der Waals surface area contributed by atoms with Crippen molar-refractivity contribution >= 4 is 0 Å². The van der Waals surface area contributed by atoms with Crippen molar-refractivity contribution in [3.8, 4) is 16.9 Å². The molecule has 1 atom stereocenters. The highest BCUT2D eigenvalue weighted by molar-refractivity contribution is 5.63. The van der Waals surface area contributed by atoms with Crippen molar-refractivity contribution in [1.82, 2.24) is 0 Å². The van der Waals surface area contributed by atoms with E-state index in [1.54, 1.807) is 0 Å². The Morgan fingerprint density at radius 1 is 0.958 bits per heavy atom. The van der Waals surface area contributed by atoms with Crippen LogP contribution in [0.1, 0.15) is 19.8 Å². The van der Waals surface area contributed by atoms with Gasteiger partial charge in [0.15, 0.2) is 0 Å². The van der Waals surface area contributed by atoms with Crippen molar-refractivity contribution in [2.45, 2.75) is 25.9 Å². The molecule has 3 nitrogen and oxygen atoms in total. The Hall–Kier alpha value is -1.84. The van der Waals surface area contributed by atoms with E-state index in [2.05, 4.69) is 31.2 Å². The van der Waals surface area contributed by atoms with Gasteiger partial charge in [-0.15, -0.1) is 0 Å². The maximum Gasteiger partial charge on any atom is 0.137 e. The number of aliphatic hydroxyl groups is 1. The fourth-order valence-electron chi connectivity index (χ4n) is 3.70. The maximum atomic E-state index is 10.4. The Balaban J connectivity index is 1.53. The first-order chi connectivity index (χ1) is 11.7. The van der Waals surface area contributed by atoms with E-state index in [1.807, 2.05) is 30.3 Å². The summed E-state index contributed by atoms with van der Waals surface area (Å²) in [6, 6.07) is 18.4. The summed E-state index contributed by atoms with van der Waals surface area (Å²) < 4.78 is 6.84. The van der Waals surface area contributed by atoms with Crippen LogP contribution in [0.15, 0.2) is 54.6 Å².